The smallest absolute Gasteiger partial charge is 0.238 e. The first-order valence-electron chi connectivity index (χ1n) is 13.5. The molecule has 0 aliphatic carbocycles. The molecule has 0 aliphatic heterocycles. The molecule has 4 rings (SSSR count). The molecule has 0 saturated carbocycles. The van der Waals surface area contributed by atoms with Crippen molar-refractivity contribution in [1.29, 1.82) is 0 Å². The maximum Gasteiger partial charge on any atom is 0.238 e. The Balaban J connectivity index is 1.81. The largest absolute Gasteiger partial charge is 0.502 e. The maximum atomic E-state index is 13.3. The van der Waals surface area contributed by atoms with E-state index in [-0.39, 0.29) is 54.0 Å². The predicted molar refractivity (Wildman–Crippen MR) is 130 cm³/mol. The Kier molecular flexibility index (Phi) is 5.41. The van der Waals surface area contributed by atoms with E-state index in [9.17, 15) is 15.0 Å². The average Bonchev–Trinajstić information content (AvgIpc) is 2.91. The average molecular weight is 502 g/mol. The first-order valence-corrected chi connectivity index (χ1v) is 10.5. The summed E-state index contributed by atoms with van der Waals surface area (Å²) >= 11 is 0. The van der Waals surface area contributed by atoms with Crippen molar-refractivity contribution in [3.8, 4) is 45.8 Å². The number of nitrogens with zero attached hydrogens (tertiary/aromatic N) is 1. The van der Waals surface area contributed by atoms with Gasteiger partial charge in [-0.1, -0.05) is 0 Å². The van der Waals surface area contributed by atoms with Gasteiger partial charge in [0.2, 0.25) is 11.2 Å². The number of ether oxygens (including phenoxy) is 5. The fourth-order valence-corrected chi connectivity index (χ4v) is 3.39. The van der Waals surface area contributed by atoms with Crippen LogP contribution in [0.1, 0.15) is 13.9 Å². The van der Waals surface area contributed by atoms with Crippen LogP contribution < -0.4 is 29.1 Å². The summed E-state index contributed by atoms with van der Waals surface area (Å²) in [4.78, 5) is 17.5. The van der Waals surface area contributed by atoms with Crippen molar-refractivity contribution in [3.63, 3.8) is 0 Å². The van der Waals surface area contributed by atoms with Crippen molar-refractivity contribution in [2.45, 2.75) is 6.61 Å². The zero-order valence-corrected chi connectivity index (χ0v) is 18.9. The molecule has 0 radical (unpaired) electrons. The molecule has 0 saturated heterocycles. The number of benzene rings is 2. The van der Waals surface area contributed by atoms with Crippen LogP contribution in [-0.4, -0.2) is 49.6 Å². The van der Waals surface area contributed by atoms with E-state index in [1.165, 1.54) is 31.5 Å². The Morgan fingerprint density at radius 3 is 2.56 bits per heavy atom. The summed E-state index contributed by atoms with van der Waals surface area (Å²) < 4.78 is 76.5. The summed E-state index contributed by atoms with van der Waals surface area (Å²) in [5.41, 5.74) is -0.685. The molecule has 2 aromatic heterocycles. The molecule has 0 amide bonds. The lowest BCUT2D eigenvalue weighted by atomic mass is 10.1. The Hall–Kier alpha value is -4.44. The highest BCUT2D eigenvalue weighted by atomic mass is 16.5. The number of aliphatic hydroxyl groups is 1. The summed E-state index contributed by atoms with van der Waals surface area (Å²) in [6.07, 6.45) is 1.51. The molecule has 2 heterocycles. The Bertz CT molecular complexity index is 1620. The maximum absolute atomic E-state index is 13.3. The third-order valence-corrected chi connectivity index (χ3v) is 5.10. The van der Waals surface area contributed by atoms with E-state index in [4.69, 9.17) is 36.3 Å². The summed E-state index contributed by atoms with van der Waals surface area (Å²) in [7, 11) is -4.44. The van der Waals surface area contributed by atoms with E-state index in [1.54, 1.807) is 12.1 Å². The summed E-state index contributed by atoms with van der Waals surface area (Å²) in [6.45, 7) is -0.337. The molecular formula is C26H25NO9. The van der Waals surface area contributed by atoms with Crippen LogP contribution in [0.2, 0.25) is 0 Å². The van der Waals surface area contributed by atoms with Crippen molar-refractivity contribution < 1.29 is 46.5 Å². The second-order valence-electron chi connectivity index (χ2n) is 7.32. The molecule has 0 bridgehead atoms. The number of pyridine rings is 1. The minimum absolute atomic E-state index is 0.0117. The highest BCUT2D eigenvalue weighted by Crippen LogP contribution is 2.39. The lowest BCUT2D eigenvalue weighted by molar-refractivity contribution is 0.192. The second-order valence-corrected chi connectivity index (χ2v) is 7.32. The van der Waals surface area contributed by atoms with Crippen LogP contribution in [0.3, 0.4) is 0 Å². The Morgan fingerprint density at radius 1 is 0.972 bits per heavy atom. The fraction of sp³-hybridized carbons (Fsp3) is 0.231. The number of aliphatic hydroxyl groups excluding tert-OH is 1. The van der Waals surface area contributed by atoms with Crippen LogP contribution in [0.15, 0.2) is 57.9 Å². The van der Waals surface area contributed by atoms with Gasteiger partial charge in [0.1, 0.15) is 41.4 Å². The number of aromatic hydroxyl groups is 1. The van der Waals surface area contributed by atoms with Crippen molar-refractivity contribution in [3.05, 3.63) is 64.6 Å². The number of fused-ring (bicyclic) bond motifs is 1. The van der Waals surface area contributed by atoms with Crippen LogP contribution in [-0.2, 0) is 6.61 Å². The Labute approximate surface area is 214 Å². The number of hydrogen-bond donors (Lipinski definition) is 2. The van der Waals surface area contributed by atoms with Gasteiger partial charge in [-0.15, -0.1) is 0 Å². The first kappa shape index (κ1) is 17.9. The molecule has 4 aromatic rings. The van der Waals surface area contributed by atoms with Gasteiger partial charge in [0, 0.05) is 17.7 Å². The molecule has 10 nitrogen and oxygen atoms in total. The van der Waals surface area contributed by atoms with Gasteiger partial charge in [-0.3, -0.25) is 9.78 Å². The number of methoxy groups -OCH3 is 3. The van der Waals surface area contributed by atoms with Crippen LogP contribution in [0.4, 0.5) is 0 Å². The molecule has 0 unspecified atom stereocenters. The fourth-order valence-electron chi connectivity index (χ4n) is 3.39. The van der Waals surface area contributed by atoms with E-state index in [0.29, 0.717) is 11.4 Å². The third kappa shape index (κ3) is 4.98. The highest BCUT2D eigenvalue weighted by molar-refractivity contribution is 5.88. The zero-order chi connectivity index (χ0) is 30.7. The van der Waals surface area contributed by atoms with Crippen molar-refractivity contribution in [2.24, 2.45) is 0 Å². The van der Waals surface area contributed by atoms with Gasteiger partial charge in [-0.25, -0.2) is 0 Å². The van der Waals surface area contributed by atoms with Crippen molar-refractivity contribution in [2.75, 3.05) is 34.4 Å². The monoisotopic (exact) mass is 501 g/mol. The lowest BCUT2D eigenvalue weighted by Crippen LogP contribution is -2.06. The van der Waals surface area contributed by atoms with Crippen molar-refractivity contribution in [1.82, 2.24) is 4.98 Å². The molecule has 0 fully saturated rings. The molecule has 10 heteroatoms. The van der Waals surface area contributed by atoms with Gasteiger partial charge in [-0.2, -0.15) is 0 Å². The molecule has 2 aromatic carbocycles. The van der Waals surface area contributed by atoms with Crippen LogP contribution in [0.25, 0.3) is 22.3 Å². The zero-order valence-electron chi connectivity index (χ0n) is 24.9. The van der Waals surface area contributed by atoms with E-state index in [2.05, 4.69) is 4.98 Å². The predicted octanol–water partition coefficient (Wildman–Crippen LogP) is 3.54. The molecular weight excluding hydrogens is 470 g/mol. The van der Waals surface area contributed by atoms with Gasteiger partial charge < -0.3 is 38.3 Å². The molecule has 36 heavy (non-hydrogen) atoms. The van der Waals surface area contributed by atoms with Gasteiger partial charge in [0.05, 0.1) is 47.9 Å². The number of aromatic nitrogens is 1. The molecule has 188 valence electrons. The van der Waals surface area contributed by atoms with E-state index >= 15 is 0 Å². The first-order chi connectivity index (χ1) is 19.8. The van der Waals surface area contributed by atoms with Gasteiger partial charge in [0.15, 0.2) is 17.3 Å². The van der Waals surface area contributed by atoms with Gasteiger partial charge >= 0.3 is 0 Å². The summed E-state index contributed by atoms with van der Waals surface area (Å²) in [6, 6.07) is 9.65. The van der Waals surface area contributed by atoms with Crippen LogP contribution in [0.5, 0.6) is 34.5 Å². The molecule has 0 aliphatic rings. The quantitative estimate of drug-likeness (QED) is 0.333. The molecule has 0 spiro atoms. The SMILES string of the molecule is [2H]C([2H])([2H])Oc1cc(OC([2H])([2H])[2H])c2c(=O)c(O)c(-c3ccc(OCCO)c(OCc4ccc(OC)cn4)c3)oc2c1. The second kappa shape index (κ2) is 10.9. The number of hydrogen-bond acceptors (Lipinski definition) is 10. The number of rotatable bonds is 10. The normalized spacial score (nSPS) is 13.9. The third-order valence-electron chi connectivity index (χ3n) is 5.10. The standard InChI is InChI=1S/C26H25NO9/c1-31-17-6-5-16(27-13-17)14-35-20-10-15(4-7-19(20)34-9-8-28)26-25(30)24(29)23-21(33-3)11-18(32-2)12-22(23)36-26/h4-7,10-13,28,30H,8-9,14H2,1-3H3/i2D3,3D3. The van der Waals surface area contributed by atoms with Gasteiger partial charge in [-0.05, 0) is 30.3 Å². The topological polar surface area (TPSA) is 130 Å². The highest BCUT2D eigenvalue weighted by Gasteiger charge is 2.21. The molecule has 2 N–H and O–H groups in total. The van der Waals surface area contributed by atoms with Crippen LogP contribution in [0, 0.1) is 0 Å². The van der Waals surface area contributed by atoms with Gasteiger partial charge in [0.25, 0.3) is 0 Å². The minimum atomic E-state index is -3.03. The van der Waals surface area contributed by atoms with Crippen LogP contribution >= 0.6 is 0 Å². The van der Waals surface area contributed by atoms with E-state index < -0.39 is 36.4 Å². The van der Waals surface area contributed by atoms with E-state index in [1.807, 2.05) is 0 Å². The minimum Gasteiger partial charge on any atom is -0.502 e. The van der Waals surface area contributed by atoms with Crippen molar-refractivity contribution >= 4 is 11.0 Å². The molecule has 0 atom stereocenters. The summed E-state index contributed by atoms with van der Waals surface area (Å²) in [5.74, 6) is -1.25. The van der Waals surface area contributed by atoms with E-state index in [0.717, 1.165) is 12.1 Å². The summed E-state index contributed by atoms with van der Waals surface area (Å²) in [5, 5.41) is 19.6. The Morgan fingerprint density at radius 2 is 1.83 bits per heavy atom. The lowest BCUT2D eigenvalue weighted by Gasteiger charge is -2.15.